The van der Waals surface area contributed by atoms with Crippen LogP contribution in [0, 0.1) is 0 Å². The highest BCUT2D eigenvalue weighted by Crippen LogP contribution is 2.32. The van der Waals surface area contributed by atoms with E-state index in [9.17, 15) is 0 Å². The minimum atomic E-state index is 0. The number of hydrogen-bond donors (Lipinski definition) is 0. The van der Waals surface area contributed by atoms with Crippen LogP contribution in [0.15, 0.2) is 18.2 Å². The van der Waals surface area contributed by atoms with Crippen LogP contribution in [0.1, 0.15) is 93.4 Å². The molecule has 1 heterocycles. The normalized spacial score (nSPS) is 13.9. The predicted molar refractivity (Wildman–Crippen MR) is 104 cm³/mol. The van der Waals surface area contributed by atoms with E-state index in [1.54, 1.807) is 0 Å². The van der Waals surface area contributed by atoms with Gasteiger partial charge in [0.1, 0.15) is 0 Å². The molecule has 0 unspecified atom stereocenters. The third kappa shape index (κ3) is 6.12. The fourth-order valence-electron chi connectivity index (χ4n) is 2.34. The number of benzene rings is 1. The summed E-state index contributed by atoms with van der Waals surface area (Å²) < 4.78 is 0. The minimum Gasteiger partial charge on any atom is -0.290 e. The molecule has 0 bridgehead atoms. The Balaban J connectivity index is 0. The molecule has 0 saturated carbocycles. The zero-order chi connectivity index (χ0) is 16.8. The molecule has 0 atom stereocenters. The first-order chi connectivity index (χ1) is 9.68. The number of hydrogen-bond acceptors (Lipinski definition) is 1. The Morgan fingerprint density at radius 2 is 1.23 bits per heavy atom. The second-order valence-electron chi connectivity index (χ2n) is 7.26. The smallest absolute Gasteiger partial charge is 0.0245 e. The summed E-state index contributed by atoms with van der Waals surface area (Å²) >= 11 is 0. The molecular weight excluding hydrogens is 266 g/mol. The molecule has 1 aliphatic heterocycles. The van der Waals surface area contributed by atoms with Gasteiger partial charge in [-0.2, -0.15) is 0 Å². The molecule has 130 valence electrons. The zero-order valence-corrected chi connectivity index (χ0v) is 16.1. The Bertz CT molecular complexity index is 419. The number of fused-ring (bicyclic) bond motifs is 1. The minimum absolute atomic E-state index is 0. The van der Waals surface area contributed by atoms with Gasteiger partial charge >= 0.3 is 0 Å². The third-order valence-corrected chi connectivity index (χ3v) is 3.74. The fraction of sp³-hybridized carbons (Fsp3) is 0.714. The molecule has 1 aromatic rings. The van der Waals surface area contributed by atoms with Gasteiger partial charge in [0.05, 0.1) is 0 Å². The SMILES string of the molecule is C.CC.CC.CC(C)(C)c1ccc2c(c1)CN(C(C)(C)C)C2. The van der Waals surface area contributed by atoms with Crippen molar-refractivity contribution in [1.29, 1.82) is 0 Å². The highest BCUT2D eigenvalue weighted by atomic mass is 15.2. The lowest BCUT2D eigenvalue weighted by atomic mass is 9.85. The number of rotatable bonds is 0. The molecule has 0 saturated heterocycles. The Kier molecular flexibility index (Phi) is 9.96. The lowest BCUT2D eigenvalue weighted by Gasteiger charge is -2.31. The van der Waals surface area contributed by atoms with Crippen LogP contribution in [0.4, 0.5) is 0 Å². The summed E-state index contributed by atoms with van der Waals surface area (Å²) in [4.78, 5) is 2.55. The molecule has 0 N–H and O–H groups in total. The van der Waals surface area contributed by atoms with E-state index in [-0.39, 0.29) is 18.4 Å². The van der Waals surface area contributed by atoms with Crippen LogP contribution in [0.25, 0.3) is 0 Å². The van der Waals surface area contributed by atoms with Crippen molar-refractivity contribution in [3.8, 4) is 0 Å². The van der Waals surface area contributed by atoms with Crippen LogP contribution in [0.2, 0.25) is 0 Å². The van der Waals surface area contributed by atoms with Crippen LogP contribution in [-0.4, -0.2) is 10.4 Å². The van der Waals surface area contributed by atoms with Crippen LogP contribution in [-0.2, 0) is 18.5 Å². The highest BCUT2D eigenvalue weighted by Gasteiger charge is 2.28. The molecular formula is C21H41N. The standard InChI is InChI=1S/C16H25N.2C2H6.CH4/c1-15(2,3)14-8-7-12-10-17(16(4,5)6)11-13(12)9-14;2*1-2;/h7-9H,10-11H2,1-6H3;2*1-2H3;1H4. The van der Waals surface area contributed by atoms with Crippen molar-refractivity contribution < 1.29 is 0 Å². The average Bonchev–Trinajstić information content (AvgIpc) is 2.85. The maximum atomic E-state index is 2.55. The Labute approximate surface area is 141 Å². The topological polar surface area (TPSA) is 3.24 Å². The van der Waals surface area contributed by atoms with Crippen molar-refractivity contribution in [3.05, 3.63) is 34.9 Å². The first-order valence-corrected chi connectivity index (χ1v) is 8.55. The monoisotopic (exact) mass is 307 g/mol. The van der Waals surface area contributed by atoms with Gasteiger partial charge in [-0.1, -0.05) is 74.1 Å². The van der Waals surface area contributed by atoms with E-state index in [2.05, 4.69) is 64.6 Å². The molecule has 0 aliphatic carbocycles. The Morgan fingerprint density at radius 3 is 1.64 bits per heavy atom. The summed E-state index contributed by atoms with van der Waals surface area (Å²) in [6.45, 7) is 23.9. The van der Waals surface area contributed by atoms with Crippen molar-refractivity contribution in [2.24, 2.45) is 0 Å². The summed E-state index contributed by atoms with van der Waals surface area (Å²) in [5.41, 5.74) is 5.00. The average molecular weight is 308 g/mol. The van der Waals surface area contributed by atoms with E-state index in [0.717, 1.165) is 13.1 Å². The zero-order valence-electron chi connectivity index (χ0n) is 16.1. The van der Waals surface area contributed by atoms with Crippen molar-refractivity contribution in [2.75, 3.05) is 0 Å². The lowest BCUT2D eigenvalue weighted by molar-refractivity contribution is 0.136. The van der Waals surface area contributed by atoms with Gasteiger partial charge in [-0.25, -0.2) is 0 Å². The summed E-state index contributed by atoms with van der Waals surface area (Å²) in [6.07, 6.45) is 0. The molecule has 1 heteroatoms. The second-order valence-corrected chi connectivity index (χ2v) is 7.26. The quantitative estimate of drug-likeness (QED) is 0.510. The second kappa shape index (κ2) is 9.35. The van der Waals surface area contributed by atoms with E-state index in [0.29, 0.717) is 0 Å². The van der Waals surface area contributed by atoms with E-state index < -0.39 is 0 Å². The first-order valence-electron chi connectivity index (χ1n) is 8.55. The van der Waals surface area contributed by atoms with E-state index in [4.69, 9.17) is 0 Å². The molecule has 1 aliphatic rings. The first kappa shape index (κ1) is 23.4. The van der Waals surface area contributed by atoms with E-state index in [1.165, 1.54) is 16.7 Å². The van der Waals surface area contributed by atoms with E-state index >= 15 is 0 Å². The predicted octanol–water partition coefficient (Wildman–Crippen LogP) is 6.79. The van der Waals surface area contributed by atoms with Gasteiger partial charge < -0.3 is 0 Å². The molecule has 0 spiro atoms. The molecule has 22 heavy (non-hydrogen) atoms. The van der Waals surface area contributed by atoms with Crippen molar-refractivity contribution in [3.63, 3.8) is 0 Å². The van der Waals surface area contributed by atoms with Gasteiger partial charge in [0.2, 0.25) is 0 Å². The van der Waals surface area contributed by atoms with Gasteiger partial charge in [-0.3, -0.25) is 4.90 Å². The Morgan fingerprint density at radius 1 is 0.773 bits per heavy atom. The highest BCUT2D eigenvalue weighted by molar-refractivity contribution is 5.37. The van der Waals surface area contributed by atoms with Crippen LogP contribution >= 0.6 is 0 Å². The van der Waals surface area contributed by atoms with E-state index in [1.807, 2.05) is 27.7 Å². The summed E-state index contributed by atoms with van der Waals surface area (Å²) in [6, 6.07) is 7.02. The van der Waals surface area contributed by atoms with Gasteiger partial charge in [0.25, 0.3) is 0 Å². The van der Waals surface area contributed by atoms with Gasteiger partial charge in [0, 0.05) is 18.6 Å². The van der Waals surface area contributed by atoms with Crippen LogP contribution < -0.4 is 0 Å². The fourth-order valence-corrected chi connectivity index (χ4v) is 2.34. The molecule has 1 nitrogen and oxygen atoms in total. The summed E-state index contributed by atoms with van der Waals surface area (Å²) in [5, 5.41) is 0. The molecule has 2 rings (SSSR count). The molecule has 0 radical (unpaired) electrons. The lowest BCUT2D eigenvalue weighted by Crippen LogP contribution is -2.36. The van der Waals surface area contributed by atoms with Crippen molar-refractivity contribution >= 4 is 0 Å². The number of nitrogens with zero attached hydrogens (tertiary/aromatic N) is 1. The van der Waals surface area contributed by atoms with Crippen molar-refractivity contribution in [1.82, 2.24) is 4.90 Å². The molecule has 0 aromatic heterocycles. The Hall–Kier alpha value is -0.820. The van der Waals surface area contributed by atoms with Gasteiger partial charge in [-0.05, 0) is 42.9 Å². The van der Waals surface area contributed by atoms with Gasteiger partial charge in [0.15, 0.2) is 0 Å². The molecule has 1 aromatic carbocycles. The largest absolute Gasteiger partial charge is 0.290 e. The molecule has 0 amide bonds. The summed E-state index contributed by atoms with van der Waals surface area (Å²) in [5.74, 6) is 0. The summed E-state index contributed by atoms with van der Waals surface area (Å²) in [7, 11) is 0. The third-order valence-electron chi connectivity index (χ3n) is 3.74. The van der Waals surface area contributed by atoms with Gasteiger partial charge in [-0.15, -0.1) is 0 Å². The maximum absolute atomic E-state index is 2.55. The molecule has 0 fully saturated rings. The maximum Gasteiger partial charge on any atom is 0.0245 e. The van der Waals surface area contributed by atoms with Crippen LogP contribution in [0.5, 0.6) is 0 Å². The van der Waals surface area contributed by atoms with Crippen molar-refractivity contribution in [2.45, 2.75) is 101 Å². The van der Waals surface area contributed by atoms with Crippen LogP contribution in [0.3, 0.4) is 0 Å².